The van der Waals surface area contributed by atoms with Crippen LogP contribution < -0.4 is 16.1 Å². The molecule has 4 aromatic carbocycles. The van der Waals surface area contributed by atoms with Crippen LogP contribution in [0.3, 0.4) is 0 Å². The number of rotatable bonds is 14. The van der Waals surface area contributed by atoms with E-state index >= 15 is 0 Å². The fraction of sp³-hybridized carbons (Fsp3) is 0.357. The van der Waals surface area contributed by atoms with Gasteiger partial charge in [-0.15, -0.1) is 0 Å². The Morgan fingerprint density at radius 1 is 0.846 bits per heavy atom. The molecule has 0 saturated heterocycles. The van der Waals surface area contributed by atoms with Crippen LogP contribution in [0.15, 0.2) is 109 Å². The largest absolute Gasteiger partial charge is 0.453 e. The van der Waals surface area contributed by atoms with Gasteiger partial charge in [0.1, 0.15) is 11.6 Å². The molecule has 0 radical (unpaired) electrons. The van der Waals surface area contributed by atoms with Crippen molar-refractivity contribution in [1.29, 1.82) is 0 Å². The van der Waals surface area contributed by atoms with Crippen LogP contribution >= 0.6 is 0 Å². The predicted molar refractivity (Wildman–Crippen MR) is 201 cm³/mol. The van der Waals surface area contributed by atoms with Gasteiger partial charge in [0.15, 0.2) is 0 Å². The number of benzene rings is 4. The fourth-order valence-electron chi connectivity index (χ4n) is 6.70. The summed E-state index contributed by atoms with van der Waals surface area (Å²) in [5.41, 5.74) is 6.21. The minimum atomic E-state index is -1.81. The van der Waals surface area contributed by atoms with Crippen molar-refractivity contribution in [2.24, 2.45) is 5.41 Å². The summed E-state index contributed by atoms with van der Waals surface area (Å²) in [5, 5.41) is 30.3. The normalized spacial score (nSPS) is 17.1. The number of fused-ring (bicyclic) bond motifs is 1. The number of aliphatic hydroxyl groups excluding tert-OH is 1. The summed E-state index contributed by atoms with van der Waals surface area (Å²) in [6, 6.07) is 33.5. The standard InChI is InChI=1S/C42H50N4O6/c1-41(2,3)37(44-40(50)52-4)38(48)45-46(28-30-20-22-32(23-21-30)31-16-9-6-10-17-31)25-13-24-42(51,27-29-14-7-5-8-15-29)39(49)43-36-34-19-12-11-18-33(34)26-35(36)47/h5-12,14-23,35-37,47,51H,13,24-28H2,1-4H3,(H,43,49)(H,44,50)(H,45,48)/t35-,36+,37-,42-/m1/s1. The molecule has 10 nitrogen and oxygen atoms in total. The Hall–Kier alpha value is -5.03. The van der Waals surface area contributed by atoms with Crippen LogP contribution in [0.25, 0.3) is 11.1 Å². The summed E-state index contributed by atoms with van der Waals surface area (Å²) in [6.07, 6.45) is -0.652. The molecule has 0 bridgehead atoms. The Labute approximate surface area is 306 Å². The van der Waals surface area contributed by atoms with Gasteiger partial charge in [-0.25, -0.2) is 9.80 Å². The second-order valence-corrected chi connectivity index (χ2v) is 14.6. The first kappa shape index (κ1) is 38.2. The Bertz CT molecular complexity index is 1790. The highest BCUT2D eigenvalue weighted by molar-refractivity contribution is 5.86. The summed E-state index contributed by atoms with van der Waals surface area (Å²) in [6.45, 7) is 6.15. The zero-order chi connectivity index (χ0) is 37.3. The first-order chi connectivity index (χ1) is 24.9. The van der Waals surface area contributed by atoms with E-state index < -0.39 is 47.1 Å². The summed E-state index contributed by atoms with van der Waals surface area (Å²) >= 11 is 0. The van der Waals surface area contributed by atoms with Crippen molar-refractivity contribution in [2.45, 2.75) is 76.8 Å². The number of alkyl carbamates (subject to hydrolysis) is 1. The molecule has 10 heteroatoms. The average Bonchev–Trinajstić information content (AvgIpc) is 3.45. The maximum atomic E-state index is 14.0. The maximum Gasteiger partial charge on any atom is 0.407 e. The number of carbonyl (C=O) groups excluding carboxylic acids is 3. The molecular weight excluding hydrogens is 656 g/mol. The van der Waals surface area contributed by atoms with Gasteiger partial charge >= 0.3 is 6.09 Å². The molecule has 5 N–H and O–H groups in total. The number of hydrogen-bond donors (Lipinski definition) is 5. The van der Waals surface area contributed by atoms with Crippen molar-refractivity contribution >= 4 is 17.9 Å². The van der Waals surface area contributed by atoms with Crippen LogP contribution in [0.1, 0.15) is 61.9 Å². The summed E-state index contributed by atoms with van der Waals surface area (Å²) in [5.74, 6) is -0.996. The molecule has 1 aliphatic rings. The number of hydrazine groups is 1. The van der Waals surface area contributed by atoms with E-state index in [-0.39, 0.29) is 19.4 Å². The summed E-state index contributed by atoms with van der Waals surface area (Å²) < 4.78 is 4.80. The van der Waals surface area contributed by atoms with E-state index in [4.69, 9.17) is 4.74 Å². The van der Waals surface area contributed by atoms with Crippen LogP contribution in [0.5, 0.6) is 0 Å². The van der Waals surface area contributed by atoms with E-state index in [0.29, 0.717) is 19.4 Å². The monoisotopic (exact) mass is 706 g/mol. The summed E-state index contributed by atoms with van der Waals surface area (Å²) in [7, 11) is 1.25. The number of carbonyl (C=O) groups is 3. The quantitative estimate of drug-likeness (QED) is 0.109. The van der Waals surface area contributed by atoms with Crippen molar-refractivity contribution in [3.05, 3.63) is 131 Å². The molecular formula is C42H50N4O6. The maximum absolute atomic E-state index is 14.0. The van der Waals surface area contributed by atoms with E-state index in [1.54, 1.807) is 5.01 Å². The van der Waals surface area contributed by atoms with Gasteiger partial charge < -0.3 is 25.6 Å². The SMILES string of the molecule is COC(=O)N[C@H](C(=O)NN(CCC[C@@](O)(Cc1ccccc1)C(=O)N[C@H]1c2ccccc2C[C@H]1O)Cc1ccc(-c2ccccc2)cc1)C(C)(C)C. The van der Waals surface area contributed by atoms with Gasteiger partial charge in [0.25, 0.3) is 11.8 Å². The third-order valence-electron chi connectivity index (χ3n) is 9.55. The minimum Gasteiger partial charge on any atom is -0.453 e. The number of ether oxygens (including phenoxy) is 1. The lowest BCUT2D eigenvalue weighted by molar-refractivity contribution is -0.142. The van der Waals surface area contributed by atoms with Crippen LogP contribution in [-0.4, -0.2) is 64.5 Å². The van der Waals surface area contributed by atoms with Crippen LogP contribution in [-0.2, 0) is 33.7 Å². The van der Waals surface area contributed by atoms with Crippen molar-refractivity contribution in [1.82, 2.24) is 21.1 Å². The zero-order valence-corrected chi connectivity index (χ0v) is 30.3. The van der Waals surface area contributed by atoms with Gasteiger partial charge in [-0.2, -0.15) is 0 Å². The molecule has 0 aromatic heterocycles. The molecule has 5 rings (SSSR count). The van der Waals surface area contributed by atoms with E-state index in [1.165, 1.54) is 7.11 Å². The molecule has 4 aromatic rings. The Morgan fingerprint density at radius 2 is 1.46 bits per heavy atom. The van der Waals surface area contributed by atoms with Gasteiger partial charge in [0, 0.05) is 25.9 Å². The highest BCUT2D eigenvalue weighted by Crippen LogP contribution is 2.32. The molecule has 0 heterocycles. The van der Waals surface area contributed by atoms with Gasteiger partial charge in [-0.1, -0.05) is 130 Å². The topological polar surface area (TPSA) is 140 Å². The number of aliphatic hydroxyl groups is 2. The average molecular weight is 707 g/mol. The van der Waals surface area contributed by atoms with E-state index in [9.17, 15) is 24.6 Å². The molecule has 0 spiro atoms. The zero-order valence-electron chi connectivity index (χ0n) is 30.3. The number of nitrogens with one attached hydrogen (secondary N) is 3. The minimum absolute atomic E-state index is 0.0621. The van der Waals surface area contributed by atoms with Crippen LogP contribution in [0.2, 0.25) is 0 Å². The van der Waals surface area contributed by atoms with Crippen LogP contribution in [0.4, 0.5) is 4.79 Å². The van der Waals surface area contributed by atoms with Crippen LogP contribution in [0, 0.1) is 5.41 Å². The number of hydrogen-bond acceptors (Lipinski definition) is 7. The Morgan fingerprint density at radius 3 is 2.12 bits per heavy atom. The Kier molecular flexibility index (Phi) is 12.5. The lowest BCUT2D eigenvalue weighted by atomic mass is 9.86. The molecule has 52 heavy (non-hydrogen) atoms. The predicted octanol–water partition coefficient (Wildman–Crippen LogP) is 5.49. The molecule has 274 valence electrons. The van der Waals surface area contributed by atoms with Crippen molar-refractivity contribution < 1.29 is 29.3 Å². The summed E-state index contributed by atoms with van der Waals surface area (Å²) in [4.78, 5) is 40.0. The lowest BCUT2D eigenvalue weighted by Crippen LogP contribution is -2.57. The van der Waals surface area contributed by atoms with E-state index in [0.717, 1.165) is 33.4 Å². The molecule has 1 aliphatic carbocycles. The smallest absolute Gasteiger partial charge is 0.407 e. The first-order valence-electron chi connectivity index (χ1n) is 17.7. The number of amides is 3. The third kappa shape index (κ3) is 9.85. The molecule has 0 unspecified atom stereocenters. The van der Waals surface area contributed by atoms with Gasteiger partial charge in [0.05, 0.1) is 19.3 Å². The highest BCUT2D eigenvalue weighted by Gasteiger charge is 2.40. The lowest BCUT2D eigenvalue weighted by Gasteiger charge is -2.33. The highest BCUT2D eigenvalue weighted by atomic mass is 16.5. The molecule has 4 atom stereocenters. The van der Waals surface area contributed by atoms with Gasteiger partial charge in [-0.05, 0) is 51.6 Å². The second-order valence-electron chi connectivity index (χ2n) is 14.6. The molecule has 0 saturated carbocycles. The van der Waals surface area contributed by atoms with Gasteiger partial charge in [-0.3, -0.25) is 15.0 Å². The Balaban J connectivity index is 1.36. The van der Waals surface area contributed by atoms with Crippen molar-refractivity contribution in [3.63, 3.8) is 0 Å². The van der Waals surface area contributed by atoms with Crippen molar-refractivity contribution in [3.8, 4) is 11.1 Å². The molecule has 0 fully saturated rings. The first-order valence-corrected chi connectivity index (χ1v) is 17.7. The van der Waals surface area contributed by atoms with E-state index in [2.05, 4.69) is 16.1 Å². The van der Waals surface area contributed by atoms with Gasteiger partial charge in [0.2, 0.25) is 0 Å². The van der Waals surface area contributed by atoms with Crippen molar-refractivity contribution in [2.75, 3.05) is 13.7 Å². The molecule has 0 aliphatic heterocycles. The van der Waals surface area contributed by atoms with E-state index in [1.807, 2.05) is 130 Å². The third-order valence-corrected chi connectivity index (χ3v) is 9.55. The number of nitrogens with zero attached hydrogens (tertiary/aromatic N) is 1. The second kappa shape index (κ2) is 17.0. The molecule has 3 amide bonds. The number of methoxy groups -OCH3 is 1. The fourth-order valence-corrected chi connectivity index (χ4v) is 6.70.